The minimum absolute atomic E-state index is 0.252. The van der Waals surface area contributed by atoms with Crippen LogP contribution >= 0.6 is 0 Å². The van der Waals surface area contributed by atoms with Crippen molar-refractivity contribution in [2.75, 3.05) is 18.4 Å². The van der Waals surface area contributed by atoms with Gasteiger partial charge in [-0.25, -0.2) is 5.01 Å². The van der Waals surface area contributed by atoms with Gasteiger partial charge in [-0.05, 0) is 13.8 Å². The number of aromatic nitrogens is 1. The first-order valence-corrected chi connectivity index (χ1v) is 7.55. The maximum absolute atomic E-state index is 12.2. The molecule has 0 bridgehead atoms. The van der Waals surface area contributed by atoms with Crippen molar-refractivity contribution in [3.63, 3.8) is 0 Å². The molecule has 1 saturated heterocycles. The Kier molecular flexibility index (Phi) is 4.12. The number of hydrogen-bond donors (Lipinski definition) is 2. The summed E-state index contributed by atoms with van der Waals surface area (Å²) in [6.45, 7) is 7.79. The summed E-state index contributed by atoms with van der Waals surface area (Å²) in [6.07, 6.45) is -0.0911. The molecule has 1 aromatic heterocycles. The average molecular weight is 307 g/mol. The van der Waals surface area contributed by atoms with E-state index in [1.165, 1.54) is 0 Å². The summed E-state index contributed by atoms with van der Waals surface area (Å²) < 4.78 is 4.92. The monoisotopic (exact) mass is 307 g/mol. The number of nitrogens with one attached hydrogen (secondary N) is 2. The summed E-state index contributed by atoms with van der Waals surface area (Å²) in [4.78, 5) is 17.5. The van der Waals surface area contributed by atoms with Crippen molar-refractivity contribution >= 4 is 17.4 Å². The molecule has 2 aliphatic rings. The van der Waals surface area contributed by atoms with Crippen molar-refractivity contribution in [2.24, 2.45) is 11.1 Å². The van der Waals surface area contributed by atoms with Crippen molar-refractivity contribution in [3.8, 4) is 0 Å². The van der Waals surface area contributed by atoms with Crippen LogP contribution in [0.15, 0.2) is 15.7 Å². The number of oxime groups is 1. The molecule has 2 N–H and O–H groups in total. The predicted octanol–water partition coefficient (Wildman–Crippen LogP) is 0.911. The highest BCUT2D eigenvalue weighted by atomic mass is 16.6. The third-order valence-corrected chi connectivity index (χ3v) is 4.22. The molecule has 1 fully saturated rings. The van der Waals surface area contributed by atoms with Gasteiger partial charge in [0.1, 0.15) is 5.76 Å². The first-order valence-electron chi connectivity index (χ1n) is 7.55. The normalized spacial score (nSPS) is 28.5. The van der Waals surface area contributed by atoms with Crippen LogP contribution in [0, 0.1) is 12.8 Å². The lowest BCUT2D eigenvalue weighted by molar-refractivity contribution is -0.125. The summed E-state index contributed by atoms with van der Waals surface area (Å²) in [5.74, 6) is 1.06. The highest BCUT2D eigenvalue weighted by Crippen LogP contribution is 2.25. The average Bonchev–Trinajstić information content (AvgIpc) is 3.19. The van der Waals surface area contributed by atoms with Gasteiger partial charge in [0.2, 0.25) is 6.10 Å². The van der Waals surface area contributed by atoms with Gasteiger partial charge >= 0.3 is 0 Å². The quantitative estimate of drug-likeness (QED) is 0.859. The Morgan fingerprint density at radius 2 is 2.41 bits per heavy atom. The molecule has 3 rings (SSSR count). The van der Waals surface area contributed by atoms with Crippen LogP contribution in [-0.4, -0.2) is 47.0 Å². The number of hydrogen-bond acceptors (Lipinski definition) is 7. The minimum Gasteiger partial charge on any atom is -0.382 e. The Bertz CT molecular complexity index is 585. The summed E-state index contributed by atoms with van der Waals surface area (Å²) in [5, 5.41) is 12.7. The van der Waals surface area contributed by atoms with Gasteiger partial charge in [0.15, 0.2) is 5.82 Å². The van der Waals surface area contributed by atoms with E-state index in [1.807, 2.05) is 0 Å². The summed E-state index contributed by atoms with van der Waals surface area (Å²) in [5.41, 5.74) is 4.28. The number of carbonyl (C=O) groups is 1. The topological polar surface area (TPSA) is 92.0 Å². The molecule has 22 heavy (non-hydrogen) atoms. The molecule has 2 aliphatic heterocycles. The molecule has 0 aromatic carbocycles. The number of hydrazine groups is 1. The molecular weight excluding hydrogens is 286 g/mol. The van der Waals surface area contributed by atoms with Crippen molar-refractivity contribution < 1.29 is 14.2 Å². The lowest BCUT2D eigenvalue weighted by atomic mass is 9.93. The number of aryl methyl sites for hydroxylation is 1. The van der Waals surface area contributed by atoms with Crippen LogP contribution in [0.5, 0.6) is 0 Å². The number of amides is 1. The molecular formula is C14H21N5O3. The smallest absolute Gasteiger partial charge is 0.269 e. The van der Waals surface area contributed by atoms with E-state index >= 15 is 0 Å². The van der Waals surface area contributed by atoms with Crippen molar-refractivity contribution in [3.05, 3.63) is 11.8 Å². The molecule has 3 atom stereocenters. The van der Waals surface area contributed by atoms with E-state index in [-0.39, 0.29) is 11.8 Å². The van der Waals surface area contributed by atoms with Crippen molar-refractivity contribution in [2.45, 2.75) is 39.3 Å². The van der Waals surface area contributed by atoms with Crippen LogP contribution in [0.4, 0.5) is 5.82 Å². The minimum atomic E-state index is -0.602. The lowest BCUT2D eigenvalue weighted by Gasteiger charge is -2.21. The van der Waals surface area contributed by atoms with Crippen LogP contribution in [0.25, 0.3) is 0 Å². The Balaban J connectivity index is 1.56. The maximum Gasteiger partial charge on any atom is 0.269 e. The molecule has 0 saturated carbocycles. The zero-order valence-corrected chi connectivity index (χ0v) is 13.0. The third-order valence-electron chi connectivity index (χ3n) is 4.22. The molecule has 8 heteroatoms. The molecule has 1 aromatic rings. The molecule has 3 unspecified atom stereocenters. The van der Waals surface area contributed by atoms with E-state index in [0.29, 0.717) is 24.0 Å². The summed E-state index contributed by atoms with van der Waals surface area (Å²) in [7, 11) is 0. The standard InChI is InChI=1S/C14H21N5O3/c1-4-19-9(3)10(7-15-19)11-6-12(22-17-11)14(20)16-13-5-8(2)21-18-13/h5,9-10,12,15H,4,6-7H2,1-3H3,(H,16,18,20). The van der Waals surface area contributed by atoms with E-state index in [9.17, 15) is 4.79 Å². The molecule has 0 spiro atoms. The van der Waals surface area contributed by atoms with E-state index in [2.05, 4.69) is 39.9 Å². The highest BCUT2D eigenvalue weighted by molar-refractivity contribution is 5.99. The largest absolute Gasteiger partial charge is 0.382 e. The maximum atomic E-state index is 12.2. The number of carbonyl (C=O) groups excluding carboxylic acids is 1. The molecule has 0 aliphatic carbocycles. The summed E-state index contributed by atoms with van der Waals surface area (Å²) >= 11 is 0. The molecule has 0 radical (unpaired) electrons. The van der Waals surface area contributed by atoms with E-state index in [4.69, 9.17) is 9.36 Å². The fourth-order valence-corrected chi connectivity index (χ4v) is 2.93. The Hall–Kier alpha value is -1.93. The molecule has 3 heterocycles. The SMILES string of the molecule is CCN1NCC(C2=NOC(C(=O)Nc3cc(C)on3)C2)C1C. The lowest BCUT2D eigenvalue weighted by Crippen LogP contribution is -2.37. The van der Waals surface area contributed by atoms with Crippen LogP contribution in [-0.2, 0) is 9.63 Å². The molecule has 8 nitrogen and oxygen atoms in total. The second kappa shape index (κ2) is 6.05. The Labute approximate surface area is 128 Å². The highest BCUT2D eigenvalue weighted by Gasteiger charge is 2.39. The van der Waals surface area contributed by atoms with Crippen LogP contribution in [0.2, 0.25) is 0 Å². The molecule has 120 valence electrons. The van der Waals surface area contributed by atoms with Gasteiger partial charge < -0.3 is 14.7 Å². The van der Waals surface area contributed by atoms with Crippen LogP contribution in [0.3, 0.4) is 0 Å². The predicted molar refractivity (Wildman–Crippen MR) is 80.1 cm³/mol. The Morgan fingerprint density at radius 1 is 1.59 bits per heavy atom. The van der Waals surface area contributed by atoms with Crippen molar-refractivity contribution in [1.82, 2.24) is 15.6 Å². The number of anilines is 1. The van der Waals surface area contributed by atoms with Gasteiger partial charge in [0.05, 0.1) is 5.71 Å². The first kappa shape index (κ1) is 15.0. The van der Waals surface area contributed by atoms with E-state index in [0.717, 1.165) is 18.8 Å². The second-order valence-corrected chi connectivity index (χ2v) is 5.69. The third kappa shape index (κ3) is 2.84. The van der Waals surface area contributed by atoms with Crippen LogP contribution in [0.1, 0.15) is 26.0 Å². The Morgan fingerprint density at radius 3 is 3.05 bits per heavy atom. The molecule has 1 amide bonds. The fourth-order valence-electron chi connectivity index (χ4n) is 2.93. The summed E-state index contributed by atoms with van der Waals surface area (Å²) in [6, 6.07) is 2.00. The fraction of sp³-hybridized carbons (Fsp3) is 0.643. The van der Waals surface area contributed by atoms with Gasteiger partial charge in [-0.3, -0.25) is 10.2 Å². The van der Waals surface area contributed by atoms with Gasteiger partial charge in [-0.2, -0.15) is 0 Å². The van der Waals surface area contributed by atoms with Crippen LogP contribution < -0.4 is 10.7 Å². The number of rotatable bonds is 4. The van der Waals surface area contributed by atoms with Gasteiger partial charge in [0, 0.05) is 37.5 Å². The van der Waals surface area contributed by atoms with Gasteiger partial charge in [-0.15, -0.1) is 0 Å². The zero-order chi connectivity index (χ0) is 15.7. The van der Waals surface area contributed by atoms with E-state index in [1.54, 1.807) is 13.0 Å². The van der Waals surface area contributed by atoms with E-state index < -0.39 is 6.10 Å². The number of nitrogens with zero attached hydrogens (tertiary/aromatic N) is 3. The second-order valence-electron chi connectivity index (χ2n) is 5.69. The zero-order valence-electron chi connectivity index (χ0n) is 13.0. The first-order chi connectivity index (χ1) is 10.6. The van der Waals surface area contributed by atoms with Gasteiger partial charge in [0.25, 0.3) is 5.91 Å². The van der Waals surface area contributed by atoms with Crippen molar-refractivity contribution in [1.29, 1.82) is 0 Å². The van der Waals surface area contributed by atoms with Gasteiger partial charge in [-0.1, -0.05) is 17.2 Å².